The fourth-order valence-corrected chi connectivity index (χ4v) is 3.03. The molecule has 0 aliphatic carbocycles. The van der Waals surface area contributed by atoms with Gasteiger partial charge in [-0.05, 0) is 44.2 Å². The Morgan fingerprint density at radius 3 is 2.66 bits per heavy atom. The lowest BCUT2D eigenvalue weighted by Crippen LogP contribution is -2.38. The van der Waals surface area contributed by atoms with E-state index in [0.717, 1.165) is 81.8 Å². The van der Waals surface area contributed by atoms with Crippen LogP contribution in [0, 0.1) is 5.92 Å². The van der Waals surface area contributed by atoms with Crippen LogP contribution in [0.5, 0.6) is 11.5 Å². The van der Waals surface area contributed by atoms with Crippen LogP contribution in [0.3, 0.4) is 0 Å². The Hall–Kier alpha value is -1.26. The fraction of sp³-hybridized carbons (Fsp3) is 0.667. The minimum atomic E-state index is 0. The van der Waals surface area contributed by atoms with Crippen LogP contribution in [0.4, 0.5) is 0 Å². The molecule has 29 heavy (non-hydrogen) atoms. The molecule has 7 nitrogen and oxygen atoms in total. The highest BCUT2D eigenvalue weighted by Gasteiger charge is 2.13. The second-order valence-corrected chi connectivity index (χ2v) is 6.78. The highest BCUT2D eigenvalue weighted by Crippen LogP contribution is 2.25. The van der Waals surface area contributed by atoms with Crippen molar-refractivity contribution >= 4 is 29.9 Å². The van der Waals surface area contributed by atoms with Crippen LogP contribution in [0.15, 0.2) is 23.2 Å². The normalized spacial score (nSPS) is 14.8. The van der Waals surface area contributed by atoms with Gasteiger partial charge in [0.25, 0.3) is 0 Å². The fourth-order valence-electron chi connectivity index (χ4n) is 3.03. The number of rotatable bonds is 11. The van der Waals surface area contributed by atoms with E-state index in [4.69, 9.17) is 18.9 Å². The summed E-state index contributed by atoms with van der Waals surface area (Å²) in [6, 6.07) is 5.78. The number of methoxy groups -OCH3 is 2. The summed E-state index contributed by atoms with van der Waals surface area (Å²) in [5.74, 6) is 3.00. The number of halogens is 1. The Bertz CT molecular complexity index is 595. The number of aliphatic imine (C=N–C) groups is 1. The third-order valence-electron chi connectivity index (χ3n) is 4.70. The maximum atomic E-state index is 5.81. The molecule has 8 heteroatoms. The number of ether oxygens (including phenoxy) is 4. The van der Waals surface area contributed by atoms with Crippen LogP contribution in [0.25, 0.3) is 0 Å². The minimum Gasteiger partial charge on any atom is -0.497 e. The quantitative estimate of drug-likeness (QED) is 0.202. The van der Waals surface area contributed by atoms with Gasteiger partial charge in [0.15, 0.2) is 5.96 Å². The molecule has 1 saturated heterocycles. The first kappa shape index (κ1) is 25.8. The molecule has 1 heterocycles. The predicted molar refractivity (Wildman–Crippen MR) is 127 cm³/mol. The van der Waals surface area contributed by atoms with E-state index in [1.165, 1.54) is 0 Å². The maximum absolute atomic E-state index is 5.81. The number of guanidine groups is 1. The second-order valence-electron chi connectivity index (χ2n) is 6.78. The van der Waals surface area contributed by atoms with Crippen molar-refractivity contribution in [3.05, 3.63) is 23.8 Å². The Morgan fingerprint density at radius 1 is 1.17 bits per heavy atom. The van der Waals surface area contributed by atoms with E-state index in [1.807, 2.05) is 18.2 Å². The third kappa shape index (κ3) is 9.86. The largest absolute Gasteiger partial charge is 0.497 e. The number of benzene rings is 1. The lowest BCUT2D eigenvalue weighted by molar-refractivity contribution is 0.0203. The van der Waals surface area contributed by atoms with Gasteiger partial charge in [-0.1, -0.05) is 0 Å². The number of hydrogen-bond acceptors (Lipinski definition) is 5. The van der Waals surface area contributed by atoms with Gasteiger partial charge in [-0.2, -0.15) is 0 Å². The number of nitrogens with zero attached hydrogens (tertiary/aromatic N) is 1. The molecule has 166 valence electrons. The van der Waals surface area contributed by atoms with E-state index in [0.29, 0.717) is 12.5 Å². The van der Waals surface area contributed by atoms with Gasteiger partial charge < -0.3 is 29.6 Å². The van der Waals surface area contributed by atoms with Crippen molar-refractivity contribution in [2.24, 2.45) is 10.9 Å². The van der Waals surface area contributed by atoms with Gasteiger partial charge in [-0.15, -0.1) is 24.0 Å². The molecular formula is C21H36IN3O4. The first-order valence-electron chi connectivity index (χ1n) is 10.1. The van der Waals surface area contributed by atoms with Crippen molar-refractivity contribution in [2.75, 3.05) is 53.7 Å². The lowest BCUT2D eigenvalue weighted by Gasteiger charge is -2.21. The van der Waals surface area contributed by atoms with E-state index >= 15 is 0 Å². The van der Waals surface area contributed by atoms with Crippen LogP contribution in [-0.4, -0.2) is 59.7 Å². The summed E-state index contributed by atoms with van der Waals surface area (Å²) in [7, 11) is 3.30. The summed E-state index contributed by atoms with van der Waals surface area (Å²) in [6.45, 7) is 7.56. The second kappa shape index (κ2) is 15.6. The molecule has 1 aromatic carbocycles. The standard InChI is InChI=1S/C21H35N3O4.HI/c1-4-22-21(23-10-5-11-28-16-17-8-12-27-13-9-17)24-15-18-6-7-19(25-2)14-20(18)26-3;/h6-7,14,17H,4-5,8-13,15-16H2,1-3H3,(H2,22,23,24);1H. The van der Waals surface area contributed by atoms with Crippen LogP contribution < -0.4 is 20.1 Å². The predicted octanol–water partition coefficient (Wildman–Crippen LogP) is 3.21. The summed E-state index contributed by atoms with van der Waals surface area (Å²) in [5, 5.41) is 6.64. The van der Waals surface area contributed by atoms with Crippen molar-refractivity contribution in [2.45, 2.75) is 32.7 Å². The first-order valence-corrected chi connectivity index (χ1v) is 10.1. The minimum absolute atomic E-state index is 0. The van der Waals surface area contributed by atoms with Crippen molar-refractivity contribution in [3.8, 4) is 11.5 Å². The SMILES string of the molecule is CCNC(=NCc1ccc(OC)cc1OC)NCCCOCC1CCOCC1.I. The molecule has 0 aromatic heterocycles. The summed E-state index contributed by atoms with van der Waals surface area (Å²) in [5.41, 5.74) is 1.01. The van der Waals surface area contributed by atoms with Gasteiger partial charge in [0.1, 0.15) is 11.5 Å². The van der Waals surface area contributed by atoms with Gasteiger partial charge in [0.05, 0.1) is 20.8 Å². The first-order chi connectivity index (χ1) is 13.8. The highest BCUT2D eigenvalue weighted by molar-refractivity contribution is 14.0. The topological polar surface area (TPSA) is 73.3 Å². The van der Waals surface area contributed by atoms with E-state index in [9.17, 15) is 0 Å². The van der Waals surface area contributed by atoms with Crippen molar-refractivity contribution in [1.82, 2.24) is 10.6 Å². The summed E-state index contributed by atoms with van der Waals surface area (Å²) in [6.07, 6.45) is 3.17. The Kier molecular flexibility index (Phi) is 13.8. The zero-order valence-electron chi connectivity index (χ0n) is 17.9. The molecule has 2 N–H and O–H groups in total. The van der Waals surface area contributed by atoms with Gasteiger partial charge in [-0.25, -0.2) is 4.99 Å². The average molecular weight is 521 g/mol. The smallest absolute Gasteiger partial charge is 0.191 e. The summed E-state index contributed by atoms with van der Waals surface area (Å²) >= 11 is 0. The van der Waals surface area contributed by atoms with Crippen LogP contribution in [0.2, 0.25) is 0 Å². The van der Waals surface area contributed by atoms with Crippen LogP contribution >= 0.6 is 24.0 Å². The van der Waals surface area contributed by atoms with Crippen LogP contribution in [-0.2, 0) is 16.0 Å². The molecule has 0 amide bonds. The molecule has 1 aliphatic rings. The van der Waals surface area contributed by atoms with Crippen molar-refractivity contribution in [3.63, 3.8) is 0 Å². The number of hydrogen-bond donors (Lipinski definition) is 2. The lowest BCUT2D eigenvalue weighted by atomic mass is 10.0. The number of nitrogens with one attached hydrogen (secondary N) is 2. The van der Waals surface area contributed by atoms with E-state index in [2.05, 4.69) is 22.5 Å². The molecule has 0 bridgehead atoms. The van der Waals surface area contributed by atoms with Gasteiger partial charge in [-0.3, -0.25) is 0 Å². The average Bonchev–Trinajstić information content (AvgIpc) is 2.74. The maximum Gasteiger partial charge on any atom is 0.191 e. The molecule has 2 rings (SSSR count). The highest BCUT2D eigenvalue weighted by atomic mass is 127. The molecular weight excluding hydrogens is 485 g/mol. The van der Waals surface area contributed by atoms with E-state index in [1.54, 1.807) is 14.2 Å². The van der Waals surface area contributed by atoms with Gasteiger partial charge in [0, 0.05) is 51.1 Å². The van der Waals surface area contributed by atoms with E-state index < -0.39 is 0 Å². The van der Waals surface area contributed by atoms with E-state index in [-0.39, 0.29) is 24.0 Å². The van der Waals surface area contributed by atoms with Crippen molar-refractivity contribution < 1.29 is 18.9 Å². The molecule has 0 unspecified atom stereocenters. The van der Waals surface area contributed by atoms with Gasteiger partial charge >= 0.3 is 0 Å². The Balaban J connectivity index is 0.00000420. The molecule has 1 fully saturated rings. The summed E-state index contributed by atoms with van der Waals surface area (Å²) in [4.78, 5) is 4.66. The molecule has 1 aromatic rings. The molecule has 0 spiro atoms. The molecule has 1 aliphatic heterocycles. The van der Waals surface area contributed by atoms with Gasteiger partial charge in [0.2, 0.25) is 0 Å². The van der Waals surface area contributed by atoms with Crippen LogP contribution in [0.1, 0.15) is 31.7 Å². The van der Waals surface area contributed by atoms with Crippen molar-refractivity contribution in [1.29, 1.82) is 0 Å². The summed E-state index contributed by atoms with van der Waals surface area (Å²) < 4.78 is 21.9. The monoisotopic (exact) mass is 521 g/mol. The molecule has 0 radical (unpaired) electrons. The third-order valence-corrected chi connectivity index (χ3v) is 4.70. The Labute approximate surface area is 191 Å². The molecule has 0 saturated carbocycles. The zero-order chi connectivity index (χ0) is 20.0. The molecule has 0 atom stereocenters. The Morgan fingerprint density at radius 2 is 1.97 bits per heavy atom. The zero-order valence-corrected chi connectivity index (χ0v) is 20.2.